The van der Waals surface area contributed by atoms with Gasteiger partial charge in [-0.05, 0) is 92.9 Å². The van der Waals surface area contributed by atoms with Gasteiger partial charge in [-0.25, -0.2) is 8.42 Å². The van der Waals surface area contributed by atoms with E-state index < -0.39 is 10.0 Å². The first-order chi connectivity index (χ1) is 13.5. The number of rotatable bonds is 4. The SMILES string of the molecule is O=C(NC1C2CC3CC(C2)CC1C3)c1ccc(S(=O)(=O)N2CCCCC2)cc1. The van der Waals surface area contributed by atoms with Gasteiger partial charge in [0.2, 0.25) is 10.0 Å². The molecule has 0 atom stereocenters. The van der Waals surface area contributed by atoms with E-state index in [0.29, 0.717) is 41.4 Å². The van der Waals surface area contributed by atoms with Gasteiger partial charge in [0.25, 0.3) is 5.91 Å². The van der Waals surface area contributed by atoms with Gasteiger partial charge in [0.1, 0.15) is 0 Å². The van der Waals surface area contributed by atoms with E-state index in [1.54, 1.807) is 28.6 Å². The van der Waals surface area contributed by atoms with Crippen molar-refractivity contribution >= 4 is 15.9 Å². The van der Waals surface area contributed by atoms with E-state index in [4.69, 9.17) is 0 Å². The van der Waals surface area contributed by atoms with Crippen LogP contribution in [0.15, 0.2) is 29.2 Å². The highest BCUT2D eigenvalue weighted by Crippen LogP contribution is 2.53. The van der Waals surface area contributed by atoms with E-state index >= 15 is 0 Å². The van der Waals surface area contributed by atoms with E-state index in [2.05, 4.69) is 5.32 Å². The zero-order valence-electron chi connectivity index (χ0n) is 16.3. The summed E-state index contributed by atoms with van der Waals surface area (Å²) in [4.78, 5) is 13.1. The topological polar surface area (TPSA) is 66.5 Å². The van der Waals surface area contributed by atoms with E-state index in [-0.39, 0.29) is 5.91 Å². The Morgan fingerprint density at radius 1 is 0.857 bits per heavy atom. The number of piperidine rings is 1. The molecule has 4 aliphatic carbocycles. The molecule has 28 heavy (non-hydrogen) atoms. The molecule has 5 aliphatic rings. The summed E-state index contributed by atoms with van der Waals surface area (Å²) in [5.41, 5.74) is 0.561. The Bertz CT molecular complexity index is 815. The van der Waals surface area contributed by atoms with Gasteiger partial charge in [0, 0.05) is 24.7 Å². The second kappa shape index (κ2) is 7.13. The molecule has 4 saturated carbocycles. The molecule has 1 aromatic carbocycles. The molecule has 1 saturated heterocycles. The first kappa shape index (κ1) is 18.6. The molecule has 4 bridgehead atoms. The molecule has 1 N–H and O–H groups in total. The van der Waals surface area contributed by atoms with Crippen LogP contribution in [-0.2, 0) is 10.0 Å². The van der Waals surface area contributed by atoms with Crippen molar-refractivity contribution in [3.63, 3.8) is 0 Å². The van der Waals surface area contributed by atoms with Crippen LogP contribution in [0.25, 0.3) is 0 Å². The fraction of sp³-hybridized carbons (Fsp3) is 0.682. The molecule has 0 spiro atoms. The molecule has 152 valence electrons. The number of nitrogens with zero attached hydrogens (tertiary/aromatic N) is 1. The third-order valence-electron chi connectivity index (χ3n) is 7.59. The van der Waals surface area contributed by atoms with Gasteiger partial charge in [-0.15, -0.1) is 0 Å². The molecular formula is C22H30N2O3S. The van der Waals surface area contributed by atoms with Gasteiger partial charge in [0.15, 0.2) is 0 Å². The number of hydrogen-bond donors (Lipinski definition) is 1. The lowest BCUT2D eigenvalue weighted by atomic mass is 9.54. The smallest absolute Gasteiger partial charge is 0.251 e. The van der Waals surface area contributed by atoms with E-state index in [9.17, 15) is 13.2 Å². The van der Waals surface area contributed by atoms with Crippen molar-refractivity contribution < 1.29 is 13.2 Å². The van der Waals surface area contributed by atoms with Crippen LogP contribution in [0, 0.1) is 23.7 Å². The van der Waals surface area contributed by atoms with Gasteiger partial charge in [0.05, 0.1) is 4.90 Å². The monoisotopic (exact) mass is 402 g/mol. The molecule has 5 fully saturated rings. The number of carbonyl (C=O) groups is 1. The predicted molar refractivity (Wildman–Crippen MR) is 107 cm³/mol. The maximum absolute atomic E-state index is 12.8. The molecule has 6 rings (SSSR count). The van der Waals surface area contributed by atoms with Gasteiger partial charge in [-0.1, -0.05) is 6.42 Å². The summed E-state index contributed by atoms with van der Waals surface area (Å²) in [5.74, 6) is 2.99. The standard InChI is InChI=1S/C22H30N2O3S/c25-22(23-21-18-11-15-10-16(13-18)14-19(21)12-15)17-4-6-20(7-5-17)28(26,27)24-8-2-1-3-9-24/h4-7,15-16,18-19,21H,1-3,8-14H2,(H,23,25). The van der Waals surface area contributed by atoms with Crippen molar-refractivity contribution in [3.05, 3.63) is 29.8 Å². The summed E-state index contributed by atoms with van der Waals surface area (Å²) in [6.45, 7) is 1.19. The number of carbonyl (C=O) groups excluding carboxylic acids is 1. The van der Waals surface area contributed by atoms with Crippen LogP contribution >= 0.6 is 0 Å². The average molecular weight is 403 g/mol. The number of amides is 1. The second-order valence-electron chi connectivity index (χ2n) is 9.42. The highest BCUT2D eigenvalue weighted by Gasteiger charge is 2.48. The Hall–Kier alpha value is -1.40. The second-order valence-corrected chi connectivity index (χ2v) is 11.4. The maximum atomic E-state index is 12.8. The van der Waals surface area contributed by atoms with Crippen LogP contribution in [0.2, 0.25) is 0 Å². The molecule has 0 aromatic heterocycles. The maximum Gasteiger partial charge on any atom is 0.251 e. The predicted octanol–water partition coefficient (Wildman–Crippen LogP) is 3.42. The molecule has 1 amide bonds. The summed E-state index contributed by atoms with van der Waals surface area (Å²) in [6, 6.07) is 6.83. The zero-order chi connectivity index (χ0) is 19.3. The normalized spacial score (nSPS) is 35.1. The van der Waals surface area contributed by atoms with Crippen LogP contribution in [-0.4, -0.2) is 37.8 Å². The van der Waals surface area contributed by atoms with Gasteiger partial charge < -0.3 is 5.32 Å². The molecule has 1 aromatic rings. The summed E-state index contributed by atoms with van der Waals surface area (Å²) in [7, 11) is -3.44. The lowest BCUT2D eigenvalue weighted by Crippen LogP contribution is -2.55. The molecule has 0 radical (unpaired) electrons. The van der Waals surface area contributed by atoms with E-state index in [0.717, 1.165) is 31.1 Å². The summed E-state index contributed by atoms with van der Waals surface area (Å²) >= 11 is 0. The van der Waals surface area contributed by atoms with Crippen molar-refractivity contribution in [2.45, 2.75) is 62.3 Å². The zero-order valence-corrected chi connectivity index (χ0v) is 17.2. The molecule has 0 unspecified atom stereocenters. The molecule has 5 nitrogen and oxygen atoms in total. The first-order valence-electron chi connectivity index (χ1n) is 10.9. The Balaban J connectivity index is 1.27. The van der Waals surface area contributed by atoms with Crippen LogP contribution in [0.1, 0.15) is 61.7 Å². The molecule has 1 aliphatic heterocycles. The van der Waals surface area contributed by atoms with Crippen LogP contribution in [0.3, 0.4) is 0 Å². The van der Waals surface area contributed by atoms with Crippen molar-refractivity contribution in [2.75, 3.05) is 13.1 Å². The lowest BCUT2D eigenvalue weighted by Gasteiger charge is -2.54. The van der Waals surface area contributed by atoms with Crippen LogP contribution < -0.4 is 5.32 Å². The summed E-state index contributed by atoms with van der Waals surface area (Å²) in [6.07, 6.45) is 9.42. The average Bonchev–Trinajstić information content (AvgIpc) is 2.71. The minimum Gasteiger partial charge on any atom is -0.349 e. The largest absolute Gasteiger partial charge is 0.349 e. The Labute approximate surface area is 167 Å². The fourth-order valence-electron chi connectivity index (χ4n) is 6.43. The van der Waals surface area contributed by atoms with Crippen molar-refractivity contribution in [1.82, 2.24) is 9.62 Å². The Morgan fingerprint density at radius 3 is 2.00 bits per heavy atom. The Morgan fingerprint density at radius 2 is 1.43 bits per heavy atom. The number of benzene rings is 1. The molecule has 1 heterocycles. The minimum atomic E-state index is -3.44. The number of nitrogens with one attached hydrogen (secondary N) is 1. The van der Waals surface area contributed by atoms with Crippen molar-refractivity contribution in [2.24, 2.45) is 23.7 Å². The van der Waals surface area contributed by atoms with Gasteiger partial charge in [-0.2, -0.15) is 4.31 Å². The minimum absolute atomic E-state index is 0.0561. The molecular weight excluding hydrogens is 372 g/mol. The highest BCUT2D eigenvalue weighted by atomic mass is 32.2. The highest BCUT2D eigenvalue weighted by molar-refractivity contribution is 7.89. The van der Waals surface area contributed by atoms with Crippen molar-refractivity contribution in [1.29, 1.82) is 0 Å². The van der Waals surface area contributed by atoms with Gasteiger partial charge in [-0.3, -0.25) is 4.79 Å². The lowest BCUT2D eigenvalue weighted by molar-refractivity contribution is -0.0119. The quantitative estimate of drug-likeness (QED) is 0.839. The van der Waals surface area contributed by atoms with Crippen LogP contribution in [0.4, 0.5) is 0 Å². The summed E-state index contributed by atoms with van der Waals surface area (Å²) in [5, 5.41) is 3.30. The van der Waals surface area contributed by atoms with E-state index in [1.165, 1.54) is 32.1 Å². The first-order valence-corrected chi connectivity index (χ1v) is 12.4. The fourth-order valence-corrected chi connectivity index (χ4v) is 7.95. The summed E-state index contributed by atoms with van der Waals surface area (Å²) < 4.78 is 27.1. The van der Waals surface area contributed by atoms with E-state index in [1.807, 2.05) is 0 Å². The number of sulfonamides is 1. The third-order valence-corrected chi connectivity index (χ3v) is 9.51. The van der Waals surface area contributed by atoms with Gasteiger partial charge >= 0.3 is 0 Å². The van der Waals surface area contributed by atoms with Crippen LogP contribution in [0.5, 0.6) is 0 Å². The Kier molecular flexibility index (Phi) is 4.74. The van der Waals surface area contributed by atoms with Crippen molar-refractivity contribution in [3.8, 4) is 0 Å². The third kappa shape index (κ3) is 3.28. The number of hydrogen-bond acceptors (Lipinski definition) is 3. The molecule has 6 heteroatoms.